The van der Waals surface area contributed by atoms with Crippen LogP contribution in [0.1, 0.15) is 11.1 Å². The van der Waals surface area contributed by atoms with Gasteiger partial charge < -0.3 is 0 Å². The van der Waals surface area contributed by atoms with E-state index in [1.54, 1.807) is 10.7 Å². The molecule has 0 saturated heterocycles. The molecule has 5 heteroatoms. The molecule has 30 heavy (non-hydrogen) atoms. The molecule has 4 aromatic carbocycles. The molecule has 0 unspecified atom stereocenters. The van der Waals surface area contributed by atoms with Crippen LogP contribution < -0.4 is 0 Å². The van der Waals surface area contributed by atoms with Crippen molar-refractivity contribution in [2.24, 2.45) is 0 Å². The maximum atomic E-state index is 13.6. The largest absolute Gasteiger partial charge is 0.418 e. The number of benzene rings is 4. The molecule has 0 aliphatic heterocycles. The highest BCUT2D eigenvalue weighted by Gasteiger charge is 2.34. The van der Waals surface area contributed by atoms with Crippen molar-refractivity contribution in [1.82, 2.24) is 9.78 Å². The molecular weight excluding hydrogens is 385 g/mol. The number of halogens is 3. The van der Waals surface area contributed by atoms with Crippen LogP contribution in [-0.2, 0) is 12.7 Å². The van der Waals surface area contributed by atoms with Gasteiger partial charge >= 0.3 is 6.18 Å². The van der Waals surface area contributed by atoms with Crippen LogP contribution in [0.5, 0.6) is 0 Å². The summed E-state index contributed by atoms with van der Waals surface area (Å²) in [4.78, 5) is 0. The highest BCUT2D eigenvalue weighted by atomic mass is 19.4. The molecule has 0 fully saturated rings. The average molecular weight is 402 g/mol. The van der Waals surface area contributed by atoms with Crippen molar-refractivity contribution >= 4 is 21.7 Å². The van der Waals surface area contributed by atoms with Crippen molar-refractivity contribution in [3.63, 3.8) is 0 Å². The Morgan fingerprint density at radius 1 is 0.733 bits per heavy atom. The Bertz CT molecular complexity index is 1350. The lowest BCUT2D eigenvalue weighted by atomic mass is 10.0. The molecule has 148 valence electrons. The number of nitrogens with zero attached hydrogens (tertiary/aromatic N) is 2. The Morgan fingerprint density at radius 2 is 1.47 bits per heavy atom. The quantitative estimate of drug-likeness (QED) is 0.320. The first-order chi connectivity index (χ1) is 14.5. The van der Waals surface area contributed by atoms with Crippen molar-refractivity contribution < 1.29 is 13.2 Å². The van der Waals surface area contributed by atoms with Crippen molar-refractivity contribution in [1.29, 1.82) is 0 Å². The monoisotopic (exact) mass is 402 g/mol. The normalized spacial score (nSPS) is 12.0. The van der Waals surface area contributed by atoms with E-state index in [-0.39, 0.29) is 5.52 Å². The maximum absolute atomic E-state index is 13.6. The summed E-state index contributed by atoms with van der Waals surface area (Å²) in [5, 5.41) is 7.03. The Balaban J connectivity index is 1.78. The van der Waals surface area contributed by atoms with Crippen LogP contribution in [0.4, 0.5) is 13.2 Å². The standard InChI is InChI=1S/C25H17F3N2/c26-25(27,28)22-12-6-11-21-23(22)29-30(16-17-7-2-1-3-8-17)24(21)20-14-13-18-9-4-5-10-19(18)15-20/h1-15H,16H2. The smallest absolute Gasteiger partial charge is 0.259 e. The summed E-state index contributed by atoms with van der Waals surface area (Å²) < 4.78 is 42.6. The number of aromatic nitrogens is 2. The van der Waals surface area contributed by atoms with Gasteiger partial charge in [-0.05, 0) is 28.5 Å². The number of fused-ring (bicyclic) bond motifs is 2. The van der Waals surface area contributed by atoms with Crippen LogP contribution in [0.3, 0.4) is 0 Å². The third-order valence-electron chi connectivity index (χ3n) is 5.27. The van der Waals surface area contributed by atoms with Crippen molar-refractivity contribution in [3.8, 4) is 11.3 Å². The minimum Gasteiger partial charge on any atom is -0.259 e. The number of rotatable bonds is 3. The minimum absolute atomic E-state index is 0.0240. The average Bonchev–Trinajstić information content (AvgIpc) is 3.11. The zero-order valence-electron chi connectivity index (χ0n) is 15.9. The van der Waals surface area contributed by atoms with E-state index >= 15 is 0 Å². The molecular formula is C25H17F3N2. The highest BCUT2D eigenvalue weighted by Crippen LogP contribution is 2.38. The minimum atomic E-state index is -4.47. The van der Waals surface area contributed by atoms with Crippen LogP contribution in [0, 0.1) is 0 Å². The van der Waals surface area contributed by atoms with E-state index in [0.29, 0.717) is 17.6 Å². The van der Waals surface area contributed by atoms with Crippen molar-refractivity contribution in [2.75, 3.05) is 0 Å². The van der Waals surface area contributed by atoms with Crippen LogP contribution in [0.2, 0.25) is 0 Å². The third-order valence-corrected chi connectivity index (χ3v) is 5.27. The van der Waals surface area contributed by atoms with E-state index in [9.17, 15) is 13.2 Å². The molecule has 0 aliphatic carbocycles. The van der Waals surface area contributed by atoms with Gasteiger partial charge in [-0.3, -0.25) is 4.68 Å². The van der Waals surface area contributed by atoms with Gasteiger partial charge in [-0.2, -0.15) is 18.3 Å². The number of hydrogen-bond acceptors (Lipinski definition) is 1. The Hall–Kier alpha value is -3.60. The lowest BCUT2D eigenvalue weighted by Gasteiger charge is -2.10. The first-order valence-corrected chi connectivity index (χ1v) is 9.60. The molecule has 2 nitrogen and oxygen atoms in total. The van der Waals surface area contributed by atoms with E-state index in [4.69, 9.17) is 0 Å². The van der Waals surface area contributed by atoms with E-state index in [2.05, 4.69) is 5.10 Å². The molecule has 0 atom stereocenters. The molecule has 5 rings (SSSR count). The highest BCUT2D eigenvalue weighted by molar-refractivity contribution is 5.97. The van der Waals surface area contributed by atoms with Gasteiger partial charge in [0.05, 0.1) is 17.8 Å². The Morgan fingerprint density at radius 3 is 2.23 bits per heavy atom. The SMILES string of the molecule is FC(F)(F)c1cccc2c(-c3ccc4ccccc4c3)n(Cc3ccccc3)nc12. The lowest BCUT2D eigenvalue weighted by molar-refractivity contribution is -0.136. The van der Waals surface area contributed by atoms with Gasteiger partial charge in [0.15, 0.2) is 0 Å². The molecule has 0 spiro atoms. The first kappa shape index (κ1) is 18.4. The summed E-state index contributed by atoms with van der Waals surface area (Å²) in [6.07, 6.45) is -4.47. The summed E-state index contributed by atoms with van der Waals surface area (Å²) in [6, 6.07) is 27.8. The molecule has 0 saturated carbocycles. The van der Waals surface area contributed by atoms with E-state index < -0.39 is 11.7 Å². The van der Waals surface area contributed by atoms with E-state index in [1.807, 2.05) is 72.8 Å². The molecule has 1 heterocycles. The van der Waals surface area contributed by atoms with Crippen LogP contribution in [0.25, 0.3) is 32.9 Å². The molecule has 0 aliphatic rings. The van der Waals surface area contributed by atoms with E-state index in [0.717, 1.165) is 28.0 Å². The van der Waals surface area contributed by atoms with Crippen LogP contribution >= 0.6 is 0 Å². The van der Waals surface area contributed by atoms with Gasteiger partial charge in [0.1, 0.15) is 5.52 Å². The lowest BCUT2D eigenvalue weighted by Crippen LogP contribution is -2.06. The fraction of sp³-hybridized carbons (Fsp3) is 0.0800. The Kier molecular flexibility index (Phi) is 4.31. The van der Waals surface area contributed by atoms with Crippen molar-refractivity contribution in [3.05, 3.63) is 102 Å². The predicted molar refractivity (Wildman–Crippen MR) is 113 cm³/mol. The molecule has 0 N–H and O–H groups in total. The Labute approximate surface area is 171 Å². The fourth-order valence-corrected chi connectivity index (χ4v) is 3.89. The number of alkyl halides is 3. The van der Waals surface area contributed by atoms with Gasteiger partial charge in [-0.25, -0.2) is 0 Å². The summed E-state index contributed by atoms with van der Waals surface area (Å²) in [5.41, 5.74) is 1.76. The molecule has 1 aromatic heterocycles. The third kappa shape index (κ3) is 3.22. The van der Waals surface area contributed by atoms with E-state index in [1.165, 1.54) is 6.07 Å². The second-order valence-electron chi connectivity index (χ2n) is 7.25. The zero-order chi connectivity index (χ0) is 20.7. The van der Waals surface area contributed by atoms with Gasteiger partial charge in [-0.15, -0.1) is 0 Å². The second-order valence-corrected chi connectivity index (χ2v) is 7.25. The second kappa shape index (κ2) is 7.02. The van der Waals surface area contributed by atoms with Gasteiger partial charge in [0.25, 0.3) is 0 Å². The van der Waals surface area contributed by atoms with Gasteiger partial charge in [-0.1, -0.05) is 78.9 Å². The molecule has 5 aromatic rings. The maximum Gasteiger partial charge on any atom is 0.418 e. The van der Waals surface area contributed by atoms with Gasteiger partial charge in [0, 0.05) is 10.9 Å². The molecule has 0 amide bonds. The molecule has 0 radical (unpaired) electrons. The topological polar surface area (TPSA) is 17.8 Å². The summed E-state index contributed by atoms with van der Waals surface area (Å²) in [7, 11) is 0. The zero-order valence-corrected chi connectivity index (χ0v) is 15.9. The number of hydrogen-bond donors (Lipinski definition) is 0. The fourth-order valence-electron chi connectivity index (χ4n) is 3.89. The predicted octanol–water partition coefficient (Wildman–Crippen LogP) is 6.92. The summed E-state index contributed by atoms with van der Waals surface area (Å²) in [6.45, 7) is 0.384. The summed E-state index contributed by atoms with van der Waals surface area (Å²) >= 11 is 0. The van der Waals surface area contributed by atoms with Crippen molar-refractivity contribution in [2.45, 2.75) is 12.7 Å². The molecule has 0 bridgehead atoms. The van der Waals surface area contributed by atoms with Gasteiger partial charge in [0.2, 0.25) is 0 Å². The summed E-state index contributed by atoms with van der Waals surface area (Å²) in [5.74, 6) is 0. The van der Waals surface area contributed by atoms with Crippen LogP contribution in [0.15, 0.2) is 91.0 Å². The first-order valence-electron chi connectivity index (χ1n) is 9.60. The van der Waals surface area contributed by atoms with Crippen LogP contribution in [-0.4, -0.2) is 9.78 Å².